The lowest BCUT2D eigenvalue weighted by Crippen LogP contribution is -2.09. The summed E-state index contributed by atoms with van der Waals surface area (Å²) in [6.07, 6.45) is 7.68. The standard InChI is InChI=1S/C30H34O4/c31-29(32)13-7-4-10-24(22-25-16-20-28(21-17-25)30(33)34)15-19-27-12-6-5-11-26(27)18-14-23-8-2-1-3-9-23/h1-3,5-6,8-9,11-12,16-17,20-21,24H,4,7,10,13-15,18-19,22H2,(H,31,32)(H,33,34). The molecule has 0 aliphatic rings. The van der Waals surface area contributed by atoms with E-state index < -0.39 is 11.9 Å². The first kappa shape index (κ1) is 25.2. The molecule has 0 fully saturated rings. The lowest BCUT2D eigenvalue weighted by molar-refractivity contribution is -0.137. The number of aryl methyl sites for hydroxylation is 3. The number of carbonyl (C=O) groups is 2. The van der Waals surface area contributed by atoms with Crippen LogP contribution in [0, 0.1) is 5.92 Å². The zero-order valence-corrected chi connectivity index (χ0v) is 19.7. The van der Waals surface area contributed by atoms with Gasteiger partial charge in [0.25, 0.3) is 0 Å². The van der Waals surface area contributed by atoms with Crippen LogP contribution in [0.4, 0.5) is 0 Å². The molecule has 1 atom stereocenters. The van der Waals surface area contributed by atoms with Gasteiger partial charge in [0.2, 0.25) is 0 Å². The molecule has 178 valence electrons. The topological polar surface area (TPSA) is 74.6 Å². The Labute approximate surface area is 202 Å². The highest BCUT2D eigenvalue weighted by Gasteiger charge is 2.13. The third kappa shape index (κ3) is 8.51. The Hall–Kier alpha value is -3.40. The summed E-state index contributed by atoms with van der Waals surface area (Å²) >= 11 is 0. The lowest BCUT2D eigenvalue weighted by atomic mass is 9.87. The summed E-state index contributed by atoms with van der Waals surface area (Å²) < 4.78 is 0. The van der Waals surface area contributed by atoms with Crippen LogP contribution in [0.1, 0.15) is 64.7 Å². The fourth-order valence-electron chi connectivity index (χ4n) is 4.50. The van der Waals surface area contributed by atoms with Crippen LogP contribution in [0.3, 0.4) is 0 Å². The number of benzene rings is 3. The predicted octanol–water partition coefficient (Wildman–Crippen LogP) is 6.61. The first-order valence-corrected chi connectivity index (χ1v) is 12.2. The fraction of sp³-hybridized carbons (Fsp3) is 0.333. The maximum atomic E-state index is 11.2. The minimum atomic E-state index is -0.913. The van der Waals surface area contributed by atoms with E-state index in [0.29, 0.717) is 17.9 Å². The lowest BCUT2D eigenvalue weighted by Gasteiger charge is -2.18. The van der Waals surface area contributed by atoms with Crippen LogP contribution >= 0.6 is 0 Å². The van der Waals surface area contributed by atoms with Gasteiger partial charge in [-0.2, -0.15) is 0 Å². The third-order valence-electron chi connectivity index (χ3n) is 6.44. The monoisotopic (exact) mass is 458 g/mol. The number of unbranched alkanes of at least 4 members (excludes halogenated alkanes) is 1. The number of hydrogen-bond acceptors (Lipinski definition) is 2. The van der Waals surface area contributed by atoms with E-state index in [1.807, 2.05) is 18.2 Å². The van der Waals surface area contributed by atoms with Crippen LogP contribution in [-0.4, -0.2) is 22.2 Å². The number of aromatic carboxylic acids is 1. The van der Waals surface area contributed by atoms with Crippen molar-refractivity contribution in [2.75, 3.05) is 0 Å². The molecule has 0 bridgehead atoms. The average Bonchev–Trinajstić information content (AvgIpc) is 2.85. The number of hydrogen-bond donors (Lipinski definition) is 2. The summed E-state index contributed by atoms with van der Waals surface area (Å²) in [5.74, 6) is -1.23. The normalized spacial score (nSPS) is 11.8. The van der Waals surface area contributed by atoms with Crippen LogP contribution in [0.2, 0.25) is 0 Å². The Morgan fingerprint density at radius 3 is 1.94 bits per heavy atom. The van der Waals surface area contributed by atoms with Gasteiger partial charge in [-0.15, -0.1) is 0 Å². The summed E-state index contributed by atoms with van der Waals surface area (Å²) in [5, 5.41) is 18.1. The smallest absolute Gasteiger partial charge is 0.335 e. The Balaban J connectivity index is 1.63. The van der Waals surface area contributed by atoms with Gasteiger partial charge in [0.15, 0.2) is 0 Å². The molecule has 0 heterocycles. The van der Waals surface area contributed by atoms with Crippen molar-refractivity contribution < 1.29 is 19.8 Å². The number of aliphatic carboxylic acids is 1. The van der Waals surface area contributed by atoms with Crippen LogP contribution < -0.4 is 0 Å². The van der Waals surface area contributed by atoms with E-state index in [1.54, 1.807) is 12.1 Å². The minimum absolute atomic E-state index is 0.211. The summed E-state index contributed by atoms with van der Waals surface area (Å²) in [6.45, 7) is 0. The van der Waals surface area contributed by atoms with Gasteiger partial charge in [0.1, 0.15) is 0 Å². The first-order chi connectivity index (χ1) is 16.5. The fourth-order valence-corrected chi connectivity index (χ4v) is 4.50. The molecule has 1 unspecified atom stereocenters. The average molecular weight is 459 g/mol. The molecular weight excluding hydrogens is 424 g/mol. The van der Waals surface area contributed by atoms with Crippen molar-refractivity contribution in [1.82, 2.24) is 0 Å². The molecule has 3 aromatic carbocycles. The second-order valence-electron chi connectivity index (χ2n) is 9.00. The summed E-state index contributed by atoms with van der Waals surface area (Å²) in [6, 6.07) is 26.4. The zero-order valence-electron chi connectivity index (χ0n) is 19.7. The molecule has 3 aromatic rings. The Morgan fingerprint density at radius 2 is 1.29 bits per heavy atom. The number of carboxylic acid groups (broad SMARTS) is 2. The van der Waals surface area contributed by atoms with Crippen LogP contribution in [0.15, 0.2) is 78.9 Å². The number of rotatable bonds is 14. The van der Waals surface area contributed by atoms with Crippen molar-refractivity contribution in [2.45, 2.75) is 57.8 Å². The van der Waals surface area contributed by atoms with Crippen molar-refractivity contribution in [1.29, 1.82) is 0 Å². The maximum absolute atomic E-state index is 11.2. The highest BCUT2D eigenvalue weighted by atomic mass is 16.4. The highest BCUT2D eigenvalue weighted by Crippen LogP contribution is 2.24. The molecule has 0 aromatic heterocycles. The molecule has 4 nitrogen and oxygen atoms in total. The van der Waals surface area contributed by atoms with E-state index in [4.69, 9.17) is 10.2 Å². The maximum Gasteiger partial charge on any atom is 0.335 e. The minimum Gasteiger partial charge on any atom is -0.481 e. The largest absolute Gasteiger partial charge is 0.481 e. The van der Waals surface area contributed by atoms with E-state index in [9.17, 15) is 9.59 Å². The van der Waals surface area contributed by atoms with Crippen molar-refractivity contribution in [3.05, 3.63) is 107 Å². The highest BCUT2D eigenvalue weighted by molar-refractivity contribution is 5.87. The molecule has 2 N–H and O–H groups in total. The van der Waals surface area contributed by atoms with Gasteiger partial charge in [-0.05, 0) is 78.8 Å². The van der Waals surface area contributed by atoms with E-state index in [2.05, 4.69) is 48.5 Å². The molecule has 0 aliphatic carbocycles. The van der Waals surface area contributed by atoms with Gasteiger partial charge in [-0.1, -0.05) is 79.6 Å². The second kappa shape index (κ2) is 13.3. The molecule has 0 spiro atoms. The van der Waals surface area contributed by atoms with Crippen LogP contribution in [0.5, 0.6) is 0 Å². The molecule has 0 amide bonds. The van der Waals surface area contributed by atoms with E-state index in [-0.39, 0.29) is 6.42 Å². The quantitative estimate of drug-likeness (QED) is 0.267. The van der Waals surface area contributed by atoms with E-state index in [1.165, 1.54) is 16.7 Å². The van der Waals surface area contributed by atoms with Gasteiger partial charge in [-0.3, -0.25) is 4.79 Å². The second-order valence-corrected chi connectivity index (χ2v) is 9.00. The molecule has 0 saturated heterocycles. The van der Waals surface area contributed by atoms with Gasteiger partial charge in [0, 0.05) is 6.42 Å². The van der Waals surface area contributed by atoms with Gasteiger partial charge in [-0.25, -0.2) is 4.79 Å². The van der Waals surface area contributed by atoms with Crippen LogP contribution in [-0.2, 0) is 30.5 Å². The first-order valence-electron chi connectivity index (χ1n) is 12.2. The molecular formula is C30H34O4. The molecule has 0 aliphatic heterocycles. The summed E-state index contributed by atoms with van der Waals surface area (Å²) in [7, 11) is 0. The Morgan fingerprint density at radius 1 is 0.647 bits per heavy atom. The van der Waals surface area contributed by atoms with Crippen molar-refractivity contribution >= 4 is 11.9 Å². The molecule has 0 saturated carbocycles. The molecule has 34 heavy (non-hydrogen) atoms. The van der Waals surface area contributed by atoms with Gasteiger partial charge >= 0.3 is 11.9 Å². The van der Waals surface area contributed by atoms with Gasteiger partial charge < -0.3 is 10.2 Å². The van der Waals surface area contributed by atoms with Crippen molar-refractivity contribution in [2.24, 2.45) is 5.92 Å². The van der Waals surface area contributed by atoms with Gasteiger partial charge in [0.05, 0.1) is 5.56 Å². The van der Waals surface area contributed by atoms with E-state index in [0.717, 1.165) is 50.5 Å². The van der Waals surface area contributed by atoms with Crippen LogP contribution in [0.25, 0.3) is 0 Å². The Bertz CT molecular complexity index is 1040. The molecule has 3 rings (SSSR count). The SMILES string of the molecule is O=C(O)CCCCC(CCc1ccccc1CCc1ccccc1)Cc1ccc(C(=O)O)cc1. The van der Waals surface area contributed by atoms with Crippen molar-refractivity contribution in [3.8, 4) is 0 Å². The van der Waals surface area contributed by atoms with Crippen molar-refractivity contribution in [3.63, 3.8) is 0 Å². The zero-order chi connectivity index (χ0) is 24.2. The third-order valence-corrected chi connectivity index (χ3v) is 6.44. The predicted molar refractivity (Wildman–Crippen MR) is 135 cm³/mol. The summed E-state index contributed by atoms with van der Waals surface area (Å²) in [5.41, 5.74) is 5.55. The molecule has 0 radical (unpaired) electrons. The Kier molecular flexibility index (Phi) is 9.90. The van der Waals surface area contributed by atoms with E-state index >= 15 is 0 Å². The molecule has 4 heteroatoms. The summed E-state index contributed by atoms with van der Waals surface area (Å²) in [4.78, 5) is 22.0. The number of carboxylic acids is 2.